The van der Waals surface area contributed by atoms with E-state index >= 15 is 0 Å². The largest absolute Gasteiger partial charge is 0.493 e. The van der Waals surface area contributed by atoms with Crippen LogP contribution in [0.25, 0.3) is 16.8 Å². The fourth-order valence-electron chi connectivity index (χ4n) is 4.31. The molecule has 5 nitrogen and oxygen atoms in total. The highest BCUT2D eigenvalue weighted by Gasteiger charge is 2.25. The second kappa shape index (κ2) is 8.73. The number of para-hydroxylation sites is 1. The van der Waals surface area contributed by atoms with E-state index in [-0.39, 0.29) is 17.9 Å². The average Bonchev–Trinajstić information content (AvgIpc) is 3.21. The zero-order valence-electron chi connectivity index (χ0n) is 18.3. The van der Waals surface area contributed by atoms with Gasteiger partial charge in [-0.05, 0) is 48.4 Å². The minimum atomic E-state index is -0.135. The molecule has 1 N–H and O–H groups in total. The standard InChI is InChI=1S/C26H23Cl2N3O2/c1-15(2)25-21(26(32)29-22-9-10-33-24-6-4-3-5-20(22)24)14-19-7-8-23(31(19)30-25)16-11-17(27)13-18(28)12-16/h3-8,11-15,22H,9-10H2,1-2H3,(H,29,32)/t22-/m0/s1. The van der Waals surface area contributed by atoms with Crippen molar-refractivity contribution in [1.29, 1.82) is 0 Å². The third-order valence-electron chi connectivity index (χ3n) is 5.87. The summed E-state index contributed by atoms with van der Waals surface area (Å²) in [5.74, 6) is 0.738. The van der Waals surface area contributed by atoms with E-state index in [2.05, 4.69) is 5.32 Å². The van der Waals surface area contributed by atoms with Gasteiger partial charge in [-0.1, -0.05) is 55.2 Å². The number of ether oxygens (including phenoxy) is 1. The second-order valence-corrected chi connectivity index (χ2v) is 9.39. The smallest absolute Gasteiger partial charge is 0.253 e. The van der Waals surface area contributed by atoms with Gasteiger partial charge in [-0.2, -0.15) is 5.10 Å². The average molecular weight is 480 g/mol. The molecule has 2 aromatic heterocycles. The summed E-state index contributed by atoms with van der Waals surface area (Å²) in [5.41, 5.74) is 4.86. The van der Waals surface area contributed by atoms with Crippen LogP contribution in [0, 0.1) is 0 Å². The van der Waals surface area contributed by atoms with Crippen molar-refractivity contribution in [3.05, 3.63) is 87.5 Å². The fourth-order valence-corrected chi connectivity index (χ4v) is 4.83. The minimum absolute atomic E-state index is 0.0512. The zero-order valence-corrected chi connectivity index (χ0v) is 19.8. The van der Waals surface area contributed by atoms with Gasteiger partial charge >= 0.3 is 0 Å². The Morgan fingerprint density at radius 2 is 1.85 bits per heavy atom. The molecular formula is C26H23Cl2N3O2. The summed E-state index contributed by atoms with van der Waals surface area (Å²) in [4.78, 5) is 13.4. The van der Waals surface area contributed by atoms with Gasteiger partial charge in [0, 0.05) is 27.6 Å². The van der Waals surface area contributed by atoms with E-state index in [1.807, 2.05) is 73.0 Å². The molecule has 33 heavy (non-hydrogen) atoms. The molecule has 4 aromatic rings. The lowest BCUT2D eigenvalue weighted by atomic mass is 9.99. The van der Waals surface area contributed by atoms with Crippen molar-refractivity contribution in [2.45, 2.75) is 32.2 Å². The van der Waals surface area contributed by atoms with Gasteiger partial charge in [0.05, 0.1) is 35.1 Å². The predicted molar refractivity (Wildman–Crippen MR) is 131 cm³/mol. The first-order valence-corrected chi connectivity index (χ1v) is 11.7. The maximum atomic E-state index is 13.4. The Bertz CT molecular complexity index is 1340. The van der Waals surface area contributed by atoms with E-state index in [0.29, 0.717) is 22.2 Å². The quantitative estimate of drug-likeness (QED) is 0.354. The number of nitrogens with zero attached hydrogens (tertiary/aromatic N) is 2. The van der Waals surface area contributed by atoms with Crippen LogP contribution in [0.5, 0.6) is 5.75 Å². The SMILES string of the molecule is CC(C)c1nn2c(-c3cc(Cl)cc(Cl)c3)ccc2cc1C(=O)N[C@H]1CCOc2ccccc21. The van der Waals surface area contributed by atoms with Crippen molar-refractivity contribution < 1.29 is 9.53 Å². The molecule has 0 radical (unpaired) electrons. The van der Waals surface area contributed by atoms with Crippen LogP contribution < -0.4 is 10.1 Å². The number of hydrogen-bond acceptors (Lipinski definition) is 3. The monoisotopic (exact) mass is 479 g/mol. The highest BCUT2D eigenvalue weighted by molar-refractivity contribution is 6.35. The Kier molecular flexibility index (Phi) is 5.77. The molecule has 7 heteroatoms. The summed E-state index contributed by atoms with van der Waals surface area (Å²) in [5, 5.41) is 9.19. The molecule has 0 unspecified atom stereocenters. The lowest BCUT2D eigenvalue weighted by Gasteiger charge is -2.27. The summed E-state index contributed by atoms with van der Waals surface area (Å²) in [6.45, 7) is 4.64. The Hall–Kier alpha value is -3.02. The molecule has 0 bridgehead atoms. The van der Waals surface area contributed by atoms with E-state index in [9.17, 15) is 4.79 Å². The van der Waals surface area contributed by atoms with Crippen molar-refractivity contribution >= 4 is 34.6 Å². The Labute approximate surface area is 202 Å². The first-order chi connectivity index (χ1) is 15.9. The first kappa shape index (κ1) is 21.8. The number of aromatic nitrogens is 2. The highest BCUT2D eigenvalue weighted by atomic mass is 35.5. The predicted octanol–water partition coefficient (Wildman–Crippen LogP) is 6.69. The fraction of sp³-hybridized carbons (Fsp3) is 0.231. The molecule has 5 rings (SSSR count). The van der Waals surface area contributed by atoms with Crippen LogP contribution in [0.2, 0.25) is 10.0 Å². The molecule has 3 heterocycles. The van der Waals surface area contributed by atoms with Crippen LogP contribution in [-0.4, -0.2) is 22.1 Å². The van der Waals surface area contributed by atoms with Gasteiger partial charge in [0.2, 0.25) is 0 Å². The molecule has 168 valence electrons. The number of carbonyl (C=O) groups excluding carboxylic acids is 1. The molecule has 0 saturated heterocycles. The summed E-state index contributed by atoms with van der Waals surface area (Å²) >= 11 is 12.4. The highest BCUT2D eigenvalue weighted by Crippen LogP contribution is 2.33. The summed E-state index contributed by atoms with van der Waals surface area (Å²) < 4.78 is 7.58. The molecule has 1 atom stereocenters. The summed E-state index contributed by atoms with van der Waals surface area (Å²) in [6.07, 6.45) is 0.722. The minimum Gasteiger partial charge on any atom is -0.493 e. The van der Waals surface area contributed by atoms with E-state index in [1.54, 1.807) is 6.07 Å². The van der Waals surface area contributed by atoms with Crippen molar-refractivity contribution in [3.8, 4) is 17.0 Å². The van der Waals surface area contributed by atoms with Crippen LogP contribution in [0.1, 0.15) is 53.8 Å². The molecular weight excluding hydrogens is 457 g/mol. The molecule has 0 aliphatic carbocycles. The van der Waals surface area contributed by atoms with Gasteiger partial charge in [-0.3, -0.25) is 4.79 Å². The summed E-state index contributed by atoms with van der Waals surface area (Å²) in [7, 11) is 0. The number of amides is 1. The Morgan fingerprint density at radius 3 is 2.61 bits per heavy atom. The number of carbonyl (C=O) groups is 1. The third-order valence-corrected chi connectivity index (χ3v) is 6.31. The Balaban J connectivity index is 1.54. The van der Waals surface area contributed by atoms with Crippen LogP contribution in [0.4, 0.5) is 0 Å². The van der Waals surface area contributed by atoms with Gasteiger partial charge in [0.15, 0.2) is 0 Å². The van der Waals surface area contributed by atoms with E-state index in [0.717, 1.165) is 40.2 Å². The van der Waals surface area contributed by atoms with Crippen molar-refractivity contribution in [2.75, 3.05) is 6.61 Å². The molecule has 0 spiro atoms. The Morgan fingerprint density at radius 1 is 1.09 bits per heavy atom. The van der Waals surface area contributed by atoms with Crippen LogP contribution in [-0.2, 0) is 0 Å². The number of fused-ring (bicyclic) bond motifs is 2. The number of rotatable bonds is 4. The maximum Gasteiger partial charge on any atom is 0.253 e. The first-order valence-electron chi connectivity index (χ1n) is 10.9. The maximum absolute atomic E-state index is 13.4. The van der Waals surface area contributed by atoms with E-state index in [4.69, 9.17) is 33.0 Å². The molecule has 1 amide bonds. The van der Waals surface area contributed by atoms with Crippen LogP contribution >= 0.6 is 23.2 Å². The van der Waals surface area contributed by atoms with Crippen molar-refractivity contribution in [2.24, 2.45) is 0 Å². The number of benzene rings is 2. The lowest BCUT2D eigenvalue weighted by molar-refractivity contribution is 0.0923. The van der Waals surface area contributed by atoms with Crippen molar-refractivity contribution in [1.82, 2.24) is 14.9 Å². The zero-order chi connectivity index (χ0) is 23.1. The molecule has 2 aromatic carbocycles. The third kappa shape index (κ3) is 4.19. The lowest BCUT2D eigenvalue weighted by Crippen LogP contribution is -2.33. The number of nitrogens with one attached hydrogen (secondary N) is 1. The van der Waals surface area contributed by atoms with Gasteiger partial charge in [-0.25, -0.2) is 4.52 Å². The topological polar surface area (TPSA) is 55.6 Å². The number of halogens is 2. The number of hydrogen-bond donors (Lipinski definition) is 1. The molecule has 0 fully saturated rings. The van der Waals surface area contributed by atoms with E-state index in [1.165, 1.54) is 0 Å². The van der Waals surface area contributed by atoms with Gasteiger partial charge in [0.25, 0.3) is 5.91 Å². The van der Waals surface area contributed by atoms with Crippen LogP contribution in [0.15, 0.2) is 60.7 Å². The van der Waals surface area contributed by atoms with Crippen LogP contribution in [0.3, 0.4) is 0 Å². The second-order valence-electron chi connectivity index (χ2n) is 8.51. The normalized spacial score (nSPS) is 15.4. The van der Waals surface area contributed by atoms with Gasteiger partial charge in [-0.15, -0.1) is 0 Å². The molecule has 1 aliphatic heterocycles. The van der Waals surface area contributed by atoms with Gasteiger partial charge < -0.3 is 10.1 Å². The van der Waals surface area contributed by atoms with Crippen molar-refractivity contribution in [3.63, 3.8) is 0 Å². The summed E-state index contributed by atoms with van der Waals surface area (Å²) in [6, 6.07) is 19.0. The van der Waals surface area contributed by atoms with E-state index < -0.39 is 0 Å². The molecule has 1 aliphatic rings. The van der Waals surface area contributed by atoms with Gasteiger partial charge in [0.1, 0.15) is 5.75 Å². The molecule has 0 saturated carbocycles.